The topological polar surface area (TPSA) is 77.1 Å². The number of benzene rings is 2. The number of hydrogen-bond acceptors (Lipinski definition) is 6. The monoisotopic (exact) mass is 424 g/mol. The molecule has 1 N–H and O–H groups in total. The van der Waals surface area contributed by atoms with Gasteiger partial charge in [-0.15, -0.1) is 0 Å². The van der Waals surface area contributed by atoms with E-state index in [1.165, 1.54) is 26.2 Å². The molecular formula is C24H28N2O5. The minimum atomic E-state index is -0.353. The molecule has 0 unspecified atom stereocenters. The molecule has 0 bridgehead atoms. The molecule has 1 aliphatic rings. The third kappa shape index (κ3) is 4.08. The quantitative estimate of drug-likeness (QED) is 0.647. The largest absolute Gasteiger partial charge is 0.493 e. The third-order valence-electron chi connectivity index (χ3n) is 5.34. The highest BCUT2D eigenvalue weighted by Gasteiger charge is 2.39. The maximum absolute atomic E-state index is 13.2. The molecule has 0 aliphatic carbocycles. The predicted molar refractivity (Wildman–Crippen MR) is 120 cm³/mol. The highest BCUT2D eigenvalue weighted by molar-refractivity contribution is 6.36. The maximum atomic E-state index is 13.2. The summed E-state index contributed by atoms with van der Waals surface area (Å²) in [6, 6.07) is 9.16. The van der Waals surface area contributed by atoms with Crippen LogP contribution in [0.4, 0.5) is 5.69 Å². The van der Waals surface area contributed by atoms with Gasteiger partial charge in [-0.2, -0.15) is 0 Å². The van der Waals surface area contributed by atoms with E-state index >= 15 is 0 Å². The van der Waals surface area contributed by atoms with E-state index in [1.54, 1.807) is 12.1 Å². The molecule has 2 amide bonds. The molecule has 0 aromatic heterocycles. The number of aryl methyl sites for hydroxylation is 2. The van der Waals surface area contributed by atoms with Crippen LogP contribution in [0.25, 0.3) is 5.57 Å². The van der Waals surface area contributed by atoms with Gasteiger partial charge in [0, 0.05) is 24.4 Å². The van der Waals surface area contributed by atoms with Crippen molar-refractivity contribution in [3.8, 4) is 17.2 Å². The number of ether oxygens (including phenoxy) is 3. The molecule has 2 aromatic carbocycles. The van der Waals surface area contributed by atoms with Gasteiger partial charge in [0.15, 0.2) is 11.5 Å². The number of carbonyl (C=O) groups is 2. The summed E-state index contributed by atoms with van der Waals surface area (Å²) < 4.78 is 16.2. The van der Waals surface area contributed by atoms with Crippen LogP contribution in [0.5, 0.6) is 17.2 Å². The van der Waals surface area contributed by atoms with Gasteiger partial charge in [-0.05, 0) is 37.0 Å². The number of hydrogen-bond donors (Lipinski definition) is 1. The van der Waals surface area contributed by atoms with Crippen LogP contribution >= 0.6 is 0 Å². The van der Waals surface area contributed by atoms with Gasteiger partial charge in [0.1, 0.15) is 5.70 Å². The Kier molecular flexibility index (Phi) is 6.53. The van der Waals surface area contributed by atoms with Crippen molar-refractivity contribution in [3.05, 3.63) is 52.7 Å². The van der Waals surface area contributed by atoms with E-state index in [0.29, 0.717) is 47.0 Å². The molecule has 0 saturated heterocycles. The second kappa shape index (κ2) is 9.12. The van der Waals surface area contributed by atoms with Gasteiger partial charge in [-0.3, -0.25) is 14.5 Å². The van der Waals surface area contributed by atoms with Crippen molar-refractivity contribution in [1.29, 1.82) is 0 Å². The van der Waals surface area contributed by atoms with Crippen LogP contribution in [0.1, 0.15) is 30.0 Å². The number of carbonyl (C=O) groups excluding carboxylic acids is 2. The molecule has 1 heterocycles. The fraction of sp³-hybridized carbons (Fsp3) is 0.333. The molecule has 7 heteroatoms. The molecule has 0 saturated carbocycles. The van der Waals surface area contributed by atoms with Gasteiger partial charge in [0.25, 0.3) is 11.8 Å². The van der Waals surface area contributed by atoms with Gasteiger partial charge in [-0.25, -0.2) is 0 Å². The molecule has 2 aromatic rings. The molecule has 1 aliphatic heterocycles. The Labute approximate surface area is 182 Å². The first-order valence-corrected chi connectivity index (χ1v) is 10.1. The minimum absolute atomic E-state index is 0.232. The van der Waals surface area contributed by atoms with Gasteiger partial charge in [-0.1, -0.05) is 25.1 Å². The lowest BCUT2D eigenvalue weighted by atomic mass is 9.99. The van der Waals surface area contributed by atoms with Crippen LogP contribution in [0.15, 0.2) is 36.0 Å². The first-order chi connectivity index (χ1) is 14.9. The molecule has 7 nitrogen and oxygen atoms in total. The van der Waals surface area contributed by atoms with E-state index in [1.807, 2.05) is 39.0 Å². The van der Waals surface area contributed by atoms with Crippen molar-refractivity contribution < 1.29 is 23.8 Å². The minimum Gasteiger partial charge on any atom is -0.493 e. The lowest BCUT2D eigenvalue weighted by Crippen LogP contribution is -2.33. The van der Waals surface area contributed by atoms with Gasteiger partial charge < -0.3 is 19.5 Å². The summed E-state index contributed by atoms with van der Waals surface area (Å²) in [7, 11) is 4.57. The summed E-state index contributed by atoms with van der Waals surface area (Å²) >= 11 is 0. The fourth-order valence-corrected chi connectivity index (χ4v) is 3.58. The SMILES string of the molecule is CCCN1C(=O)C(Nc2cc(OC)c(OC)c(OC)c2)=C(c2ccc(C)c(C)c2)C1=O. The standard InChI is InChI=1S/C24H28N2O5/c1-7-10-26-23(27)20(16-9-8-14(2)15(3)11-16)21(24(26)28)25-17-12-18(29-4)22(31-6)19(13-17)30-5/h8-9,11-13,25H,7,10H2,1-6H3. The molecule has 0 fully saturated rings. The summed E-state index contributed by atoms with van der Waals surface area (Å²) in [4.78, 5) is 27.6. The number of rotatable bonds is 8. The summed E-state index contributed by atoms with van der Waals surface area (Å²) in [5.41, 5.74) is 4.00. The molecule has 3 rings (SSSR count). The lowest BCUT2D eigenvalue weighted by molar-refractivity contribution is -0.136. The van der Waals surface area contributed by atoms with Crippen molar-refractivity contribution in [2.75, 3.05) is 33.2 Å². The van der Waals surface area contributed by atoms with Crippen LogP contribution < -0.4 is 19.5 Å². The van der Waals surface area contributed by atoms with Crippen LogP contribution in [0, 0.1) is 13.8 Å². The smallest absolute Gasteiger partial charge is 0.278 e. The second-order valence-electron chi connectivity index (χ2n) is 7.35. The van der Waals surface area contributed by atoms with E-state index < -0.39 is 0 Å². The summed E-state index contributed by atoms with van der Waals surface area (Å²) in [5, 5.41) is 3.14. The summed E-state index contributed by atoms with van der Waals surface area (Å²) in [6.45, 7) is 6.28. The second-order valence-corrected chi connectivity index (χ2v) is 7.35. The molecule has 164 valence electrons. The number of imide groups is 1. The zero-order chi connectivity index (χ0) is 22.7. The Balaban J connectivity index is 2.14. The highest BCUT2D eigenvalue weighted by Crippen LogP contribution is 2.41. The van der Waals surface area contributed by atoms with E-state index in [9.17, 15) is 9.59 Å². The van der Waals surface area contributed by atoms with E-state index in [2.05, 4.69) is 5.32 Å². The van der Waals surface area contributed by atoms with E-state index in [0.717, 1.165) is 11.1 Å². The third-order valence-corrected chi connectivity index (χ3v) is 5.34. The average molecular weight is 424 g/mol. The van der Waals surface area contributed by atoms with Crippen molar-refractivity contribution in [1.82, 2.24) is 4.90 Å². The van der Waals surface area contributed by atoms with Crippen LogP contribution in [-0.2, 0) is 9.59 Å². The first kappa shape index (κ1) is 22.2. The highest BCUT2D eigenvalue weighted by atomic mass is 16.5. The number of methoxy groups -OCH3 is 3. The molecule has 0 radical (unpaired) electrons. The van der Waals surface area contributed by atoms with E-state index in [-0.39, 0.29) is 17.5 Å². The Bertz CT molecular complexity index is 1030. The van der Waals surface area contributed by atoms with Crippen LogP contribution in [0.2, 0.25) is 0 Å². The van der Waals surface area contributed by atoms with Gasteiger partial charge >= 0.3 is 0 Å². The van der Waals surface area contributed by atoms with Gasteiger partial charge in [0.05, 0.1) is 26.9 Å². The van der Waals surface area contributed by atoms with Crippen molar-refractivity contribution in [3.63, 3.8) is 0 Å². The zero-order valence-corrected chi connectivity index (χ0v) is 18.8. The van der Waals surface area contributed by atoms with Crippen molar-refractivity contribution in [2.24, 2.45) is 0 Å². The Hall–Kier alpha value is -3.48. The Morgan fingerprint density at radius 3 is 2.03 bits per heavy atom. The summed E-state index contributed by atoms with van der Waals surface area (Å²) in [6.07, 6.45) is 0.676. The Morgan fingerprint density at radius 1 is 0.871 bits per heavy atom. The summed E-state index contributed by atoms with van der Waals surface area (Å²) in [5.74, 6) is 0.680. The predicted octanol–water partition coefficient (Wildman–Crippen LogP) is 3.93. The Morgan fingerprint density at radius 2 is 1.52 bits per heavy atom. The lowest BCUT2D eigenvalue weighted by Gasteiger charge is -2.16. The van der Waals surface area contributed by atoms with E-state index in [4.69, 9.17) is 14.2 Å². The average Bonchev–Trinajstić information content (AvgIpc) is 2.99. The molecule has 31 heavy (non-hydrogen) atoms. The van der Waals surface area contributed by atoms with Gasteiger partial charge in [0.2, 0.25) is 5.75 Å². The molecule has 0 atom stereocenters. The van der Waals surface area contributed by atoms with Crippen LogP contribution in [0.3, 0.4) is 0 Å². The number of amides is 2. The fourth-order valence-electron chi connectivity index (χ4n) is 3.58. The molecular weight excluding hydrogens is 396 g/mol. The number of nitrogens with zero attached hydrogens (tertiary/aromatic N) is 1. The number of nitrogens with one attached hydrogen (secondary N) is 1. The normalized spacial score (nSPS) is 13.7. The maximum Gasteiger partial charge on any atom is 0.278 e. The number of anilines is 1. The molecule has 0 spiro atoms. The zero-order valence-electron chi connectivity index (χ0n) is 18.8. The van der Waals surface area contributed by atoms with Crippen molar-refractivity contribution in [2.45, 2.75) is 27.2 Å². The van der Waals surface area contributed by atoms with Crippen molar-refractivity contribution >= 4 is 23.1 Å². The van der Waals surface area contributed by atoms with Crippen LogP contribution in [-0.4, -0.2) is 44.6 Å². The first-order valence-electron chi connectivity index (χ1n) is 10.1.